The van der Waals surface area contributed by atoms with Crippen LogP contribution in [0.2, 0.25) is 0 Å². The molecule has 0 atom stereocenters. The van der Waals surface area contributed by atoms with Gasteiger partial charge in [-0.2, -0.15) is 0 Å². The molecule has 5 heteroatoms. The lowest BCUT2D eigenvalue weighted by Gasteiger charge is -2.11. The first-order valence-electron chi connectivity index (χ1n) is 5.66. The molecule has 19 heavy (non-hydrogen) atoms. The van der Waals surface area contributed by atoms with Crippen LogP contribution in [0.1, 0.15) is 5.56 Å². The molecule has 0 amide bonds. The van der Waals surface area contributed by atoms with Gasteiger partial charge in [-0.15, -0.1) is 0 Å². The van der Waals surface area contributed by atoms with Crippen molar-refractivity contribution in [2.45, 2.75) is 6.54 Å². The van der Waals surface area contributed by atoms with E-state index in [0.29, 0.717) is 0 Å². The number of ether oxygens (including phenoxy) is 1. The standard InChI is InChI=1S/C14H12Br3NO/c1-18-8-9-2-4-13(11(16)6-9)19-14-5-3-10(15)7-12(14)17/h2-7,18H,8H2,1H3. The molecule has 0 unspecified atom stereocenters. The highest BCUT2D eigenvalue weighted by Crippen LogP contribution is 2.35. The molecule has 0 aliphatic carbocycles. The molecule has 0 radical (unpaired) electrons. The summed E-state index contributed by atoms with van der Waals surface area (Å²) in [6.45, 7) is 0.834. The van der Waals surface area contributed by atoms with E-state index in [2.05, 4.69) is 59.2 Å². The van der Waals surface area contributed by atoms with Gasteiger partial charge in [-0.1, -0.05) is 22.0 Å². The van der Waals surface area contributed by atoms with Gasteiger partial charge in [0.05, 0.1) is 8.95 Å². The van der Waals surface area contributed by atoms with Gasteiger partial charge in [-0.05, 0) is 74.8 Å². The van der Waals surface area contributed by atoms with E-state index in [9.17, 15) is 0 Å². The second kappa shape index (κ2) is 6.88. The predicted octanol–water partition coefficient (Wildman–Crippen LogP) is 5.49. The topological polar surface area (TPSA) is 21.3 Å². The Kier molecular flexibility index (Phi) is 5.45. The molecule has 0 saturated carbocycles. The number of halogens is 3. The summed E-state index contributed by atoms with van der Waals surface area (Å²) in [4.78, 5) is 0. The van der Waals surface area contributed by atoms with Crippen LogP contribution in [0, 0.1) is 0 Å². The molecule has 0 saturated heterocycles. The van der Waals surface area contributed by atoms with Gasteiger partial charge in [0.25, 0.3) is 0 Å². The molecule has 0 aromatic heterocycles. The van der Waals surface area contributed by atoms with Gasteiger partial charge >= 0.3 is 0 Å². The van der Waals surface area contributed by atoms with Crippen molar-refractivity contribution in [1.29, 1.82) is 0 Å². The maximum absolute atomic E-state index is 5.89. The summed E-state index contributed by atoms with van der Waals surface area (Å²) in [6.07, 6.45) is 0. The number of hydrogen-bond donors (Lipinski definition) is 1. The van der Waals surface area contributed by atoms with E-state index >= 15 is 0 Å². The van der Waals surface area contributed by atoms with Gasteiger partial charge < -0.3 is 10.1 Å². The second-order valence-electron chi connectivity index (χ2n) is 3.97. The normalized spacial score (nSPS) is 10.5. The molecule has 0 aliphatic rings. The molecule has 1 N–H and O–H groups in total. The van der Waals surface area contributed by atoms with E-state index < -0.39 is 0 Å². The molecule has 2 rings (SSSR count). The van der Waals surface area contributed by atoms with Crippen LogP contribution in [0.5, 0.6) is 11.5 Å². The van der Waals surface area contributed by atoms with E-state index in [0.717, 1.165) is 31.5 Å². The Balaban J connectivity index is 2.23. The molecule has 2 aromatic rings. The van der Waals surface area contributed by atoms with Crippen LogP contribution in [0.3, 0.4) is 0 Å². The maximum Gasteiger partial charge on any atom is 0.141 e. The number of hydrogen-bond acceptors (Lipinski definition) is 2. The van der Waals surface area contributed by atoms with Crippen LogP contribution in [0.4, 0.5) is 0 Å². The van der Waals surface area contributed by atoms with E-state index in [1.807, 2.05) is 37.4 Å². The predicted molar refractivity (Wildman–Crippen MR) is 88.8 cm³/mol. The largest absolute Gasteiger partial charge is 0.455 e. The third-order valence-electron chi connectivity index (χ3n) is 2.49. The first-order valence-corrected chi connectivity index (χ1v) is 8.04. The molecule has 0 spiro atoms. The zero-order valence-corrected chi connectivity index (χ0v) is 15.0. The molecular formula is C14H12Br3NO. The highest BCUT2D eigenvalue weighted by Gasteiger charge is 2.07. The molecule has 2 aromatic carbocycles. The second-order valence-corrected chi connectivity index (χ2v) is 6.60. The monoisotopic (exact) mass is 447 g/mol. The Morgan fingerprint density at radius 3 is 2.16 bits per heavy atom. The summed E-state index contributed by atoms with van der Waals surface area (Å²) in [6, 6.07) is 11.9. The lowest BCUT2D eigenvalue weighted by molar-refractivity contribution is 0.476. The van der Waals surface area contributed by atoms with Crippen molar-refractivity contribution in [2.75, 3.05) is 7.05 Å². The van der Waals surface area contributed by atoms with Crippen molar-refractivity contribution >= 4 is 47.8 Å². The number of benzene rings is 2. The van der Waals surface area contributed by atoms with Crippen molar-refractivity contribution < 1.29 is 4.74 Å². The summed E-state index contributed by atoms with van der Waals surface area (Å²) >= 11 is 10.4. The average Bonchev–Trinajstić information content (AvgIpc) is 2.36. The molecule has 0 heterocycles. The smallest absolute Gasteiger partial charge is 0.141 e. The molecule has 0 bridgehead atoms. The molecule has 100 valence electrons. The summed E-state index contributed by atoms with van der Waals surface area (Å²) in [5.74, 6) is 1.58. The van der Waals surface area contributed by atoms with Crippen molar-refractivity contribution in [3.63, 3.8) is 0 Å². The van der Waals surface area contributed by atoms with Crippen LogP contribution in [-0.4, -0.2) is 7.05 Å². The third-order valence-corrected chi connectivity index (χ3v) is 4.22. The summed E-state index contributed by atoms with van der Waals surface area (Å²) in [7, 11) is 1.93. The minimum atomic E-state index is 0.783. The van der Waals surface area contributed by atoms with Crippen LogP contribution in [0.15, 0.2) is 49.8 Å². The Bertz CT molecular complexity index is 587. The fourth-order valence-electron chi connectivity index (χ4n) is 1.62. The van der Waals surface area contributed by atoms with E-state index in [1.54, 1.807) is 0 Å². The highest BCUT2D eigenvalue weighted by molar-refractivity contribution is 9.11. The molecule has 0 aliphatic heterocycles. The van der Waals surface area contributed by atoms with Gasteiger partial charge in [-0.3, -0.25) is 0 Å². The van der Waals surface area contributed by atoms with E-state index in [-0.39, 0.29) is 0 Å². The minimum absolute atomic E-state index is 0.783. The SMILES string of the molecule is CNCc1ccc(Oc2ccc(Br)cc2Br)c(Br)c1. The summed E-state index contributed by atoms with van der Waals surface area (Å²) < 4.78 is 8.75. The molecule has 0 fully saturated rings. The van der Waals surface area contributed by atoms with E-state index in [4.69, 9.17) is 4.74 Å². The van der Waals surface area contributed by atoms with Crippen LogP contribution in [0.25, 0.3) is 0 Å². The number of rotatable bonds is 4. The van der Waals surface area contributed by atoms with Crippen LogP contribution < -0.4 is 10.1 Å². The van der Waals surface area contributed by atoms with Crippen molar-refractivity contribution in [3.8, 4) is 11.5 Å². The Morgan fingerprint density at radius 1 is 0.947 bits per heavy atom. The molecule has 2 nitrogen and oxygen atoms in total. The highest BCUT2D eigenvalue weighted by atomic mass is 79.9. The van der Waals surface area contributed by atoms with Gasteiger partial charge in [0.15, 0.2) is 0 Å². The summed E-state index contributed by atoms with van der Waals surface area (Å²) in [5, 5.41) is 3.12. The van der Waals surface area contributed by atoms with Crippen molar-refractivity contribution in [2.24, 2.45) is 0 Å². The maximum atomic E-state index is 5.89. The zero-order valence-electron chi connectivity index (χ0n) is 10.2. The third kappa shape index (κ3) is 4.05. The fraction of sp³-hybridized carbons (Fsp3) is 0.143. The van der Waals surface area contributed by atoms with Gasteiger partial charge in [-0.25, -0.2) is 0 Å². The first kappa shape index (κ1) is 15.0. The Morgan fingerprint density at radius 2 is 1.58 bits per heavy atom. The van der Waals surface area contributed by atoms with Crippen LogP contribution >= 0.6 is 47.8 Å². The van der Waals surface area contributed by atoms with Gasteiger partial charge in [0, 0.05) is 11.0 Å². The van der Waals surface area contributed by atoms with Crippen molar-refractivity contribution in [1.82, 2.24) is 5.32 Å². The quantitative estimate of drug-likeness (QED) is 0.666. The fourth-order valence-corrected chi connectivity index (χ4v) is 3.25. The average molecular weight is 450 g/mol. The van der Waals surface area contributed by atoms with Gasteiger partial charge in [0.1, 0.15) is 11.5 Å². The zero-order chi connectivity index (χ0) is 13.8. The Hall–Kier alpha value is -0.360. The van der Waals surface area contributed by atoms with Crippen molar-refractivity contribution in [3.05, 3.63) is 55.4 Å². The molecular weight excluding hydrogens is 438 g/mol. The van der Waals surface area contributed by atoms with Crippen LogP contribution in [-0.2, 0) is 6.54 Å². The lowest BCUT2D eigenvalue weighted by Crippen LogP contribution is -2.04. The first-order chi connectivity index (χ1) is 9.10. The summed E-state index contributed by atoms with van der Waals surface area (Å²) in [5.41, 5.74) is 1.21. The number of nitrogens with one attached hydrogen (secondary N) is 1. The van der Waals surface area contributed by atoms with E-state index in [1.165, 1.54) is 5.56 Å². The Labute approximate surface area is 137 Å². The van der Waals surface area contributed by atoms with Gasteiger partial charge in [0.2, 0.25) is 0 Å². The lowest BCUT2D eigenvalue weighted by atomic mass is 10.2. The minimum Gasteiger partial charge on any atom is -0.455 e.